The van der Waals surface area contributed by atoms with Gasteiger partial charge in [0, 0.05) is 43.6 Å². The summed E-state index contributed by atoms with van der Waals surface area (Å²) in [7, 11) is 0. The third-order valence-electron chi connectivity index (χ3n) is 5.02. The molecule has 0 atom stereocenters. The van der Waals surface area contributed by atoms with Gasteiger partial charge >= 0.3 is 6.09 Å². The number of hydrogen-bond donors (Lipinski definition) is 2. The number of amidine groups is 1. The summed E-state index contributed by atoms with van der Waals surface area (Å²) in [5, 5.41) is 4.22. The molecule has 2 aliphatic heterocycles. The summed E-state index contributed by atoms with van der Waals surface area (Å²) in [6.45, 7) is 1.29. The Morgan fingerprint density at radius 2 is 2.07 bits per heavy atom. The minimum Gasteiger partial charge on any atom is -0.449 e. The van der Waals surface area contributed by atoms with E-state index in [0.29, 0.717) is 49.5 Å². The van der Waals surface area contributed by atoms with Crippen LogP contribution in [0.1, 0.15) is 18.4 Å². The highest BCUT2D eigenvalue weighted by atomic mass is 35.5. The van der Waals surface area contributed by atoms with Crippen molar-refractivity contribution in [2.24, 2.45) is 10.7 Å². The van der Waals surface area contributed by atoms with Gasteiger partial charge in [0.15, 0.2) is 0 Å². The number of thioether (sulfide) groups is 1. The lowest BCUT2D eigenvalue weighted by Crippen LogP contribution is -2.52. The third kappa shape index (κ3) is 4.79. The van der Waals surface area contributed by atoms with Gasteiger partial charge in [0.25, 0.3) is 0 Å². The number of aromatic nitrogens is 1. The van der Waals surface area contributed by atoms with Crippen LogP contribution in [0.25, 0.3) is 0 Å². The van der Waals surface area contributed by atoms with E-state index in [1.54, 1.807) is 35.0 Å². The van der Waals surface area contributed by atoms with E-state index >= 15 is 0 Å². The molecule has 1 saturated heterocycles. The molecular weight excluding hydrogens is 429 g/mol. The van der Waals surface area contributed by atoms with Gasteiger partial charge in [0.05, 0.1) is 10.6 Å². The predicted molar refractivity (Wildman–Crippen MR) is 118 cm³/mol. The molecule has 160 valence electrons. The van der Waals surface area contributed by atoms with E-state index in [0.717, 1.165) is 5.03 Å². The molecule has 30 heavy (non-hydrogen) atoms. The Hall–Kier alpha value is -2.52. The molecule has 2 aliphatic rings. The number of hydrogen-bond acceptors (Lipinski definition) is 7. The van der Waals surface area contributed by atoms with Crippen LogP contribution in [0.2, 0.25) is 0 Å². The van der Waals surface area contributed by atoms with Crippen LogP contribution in [0.5, 0.6) is 0 Å². The number of piperidine rings is 1. The number of aliphatic imine (C=N–C) groups is 1. The number of benzene rings is 1. The normalized spacial score (nSPS) is 16.7. The highest BCUT2D eigenvalue weighted by Gasteiger charge is 2.39. The molecule has 2 aromatic rings. The molecule has 0 bridgehead atoms. The van der Waals surface area contributed by atoms with Gasteiger partial charge in [-0.1, -0.05) is 12.1 Å². The number of amides is 1. The zero-order chi connectivity index (χ0) is 20.3. The van der Waals surface area contributed by atoms with E-state index in [-0.39, 0.29) is 24.3 Å². The van der Waals surface area contributed by atoms with Gasteiger partial charge < -0.3 is 20.7 Å². The van der Waals surface area contributed by atoms with Crippen molar-refractivity contribution >= 4 is 41.8 Å². The van der Waals surface area contributed by atoms with E-state index in [4.69, 9.17) is 10.5 Å². The molecule has 0 saturated carbocycles. The molecule has 0 radical (unpaired) electrons. The summed E-state index contributed by atoms with van der Waals surface area (Å²) < 4.78 is 19.4. The Morgan fingerprint density at radius 1 is 1.27 bits per heavy atom. The Bertz CT molecular complexity index is 923. The van der Waals surface area contributed by atoms with Crippen molar-refractivity contribution in [2.45, 2.75) is 23.5 Å². The van der Waals surface area contributed by atoms with Gasteiger partial charge in [0.2, 0.25) is 0 Å². The SMILES string of the molecule is Cl.NC1=NC2(CCN(C(=O)OCCSc3ccccn3)CC2)Nc2cccc(F)c21. The molecule has 1 fully saturated rings. The quantitative estimate of drug-likeness (QED) is 0.546. The zero-order valence-electron chi connectivity index (χ0n) is 16.2. The molecule has 10 heteroatoms. The number of carbonyl (C=O) groups is 1. The molecule has 1 amide bonds. The first-order chi connectivity index (χ1) is 14.1. The van der Waals surface area contributed by atoms with Crippen LogP contribution in [-0.4, -0.2) is 52.9 Å². The van der Waals surface area contributed by atoms with E-state index in [1.165, 1.54) is 6.07 Å². The van der Waals surface area contributed by atoms with Crippen LogP contribution in [0, 0.1) is 5.82 Å². The van der Waals surface area contributed by atoms with E-state index in [2.05, 4.69) is 15.3 Å². The van der Waals surface area contributed by atoms with Gasteiger partial charge in [-0.05, 0) is 24.3 Å². The number of nitrogens with one attached hydrogen (secondary N) is 1. The smallest absolute Gasteiger partial charge is 0.409 e. The molecule has 1 aromatic heterocycles. The molecule has 0 unspecified atom stereocenters. The minimum atomic E-state index is -0.615. The van der Waals surface area contributed by atoms with Crippen LogP contribution in [0.4, 0.5) is 14.9 Å². The molecular formula is C20H23ClFN5O2S. The number of nitrogens with two attached hydrogens (primary N) is 1. The van der Waals surface area contributed by atoms with E-state index < -0.39 is 11.5 Å². The fraction of sp³-hybridized carbons (Fsp3) is 0.350. The molecule has 3 N–H and O–H groups in total. The third-order valence-corrected chi connectivity index (χ3v) is 5.92. The lowest BCUT2D eigenvalue weighted by molar-refractivity contribution is 0.0913. The van der Waals surface area contributed by atoms with E-state index in [9.17, 15) is 9.18 Å². The summed E-state index contributed by atoms with van der Waals surface area (Å²) in [4.78, 5) is 22.8. The van der Waals surface area contributed by atoms with Crippen LogP contribution < -0.4 is 11.1 Å². The summed E-state index contributed by atoms with van der Waals surface area (Å²) in [5.41, 5.74) is 6.37. The Labute approximate surface area is 184 Å². The highest BCUT2D eigenvalue weighted by molar-refractivity contribution is 7.99. The number of carbonyl (C=O) groups excluding carboxylic acids is 1. The average Bonchev–Trinajstić information content (AvgIpc) is 2.72. The monoisotopic (exact) mass is 451 g/mol. The van der Waals surface area contributed by atoms with Crippen LogP contribution in [0.3, 0.4) is 0 Å². The van der Waals surface area contributed by atoms with Gasteiger partial charge in [-0.3, -0.25) is 0 Å². The molecule has 1 spiro atoms. The van der Waals surface area contributed by atoms with Crippen LogP contribution in [0.15, 0.2) is 52.6 Å². The van der Waals surface area contributed by atoms with Crippen molar-refractivity contribution in [1.82, 2.24) is 9.88 Å². The Morgan fingerprint density at radius 3 is 2.80 bits per heavy atom. The fourth-order valence-electron chi connectivity index (χ4n) is 3.55. The largest absolute Gasteiger partial charge is 0.449 e. The van der Waals surface area contributed by atoms with Gasteiger partial charge in [-0.2, -0.15) is 0 Å². The summed E-state index contributed by atoms with van der Waals surface area (Å²) in [6.07, 6.45) is 2.54. The first-order valence-corrected chi connectivity index (χ1v) is 10.4. The second kappa shape index (κ2) is 9.53. The fourth-order valence-corrected chi connectivity index (χ4v) is 4.23. The first kappa shape index (κ1) is 22.2. The first-order valence-electron chi connectivity index (χ1n) is 9.44. The molecule has 7 nitrogen and oxygen atoms in total. The maximum atomic E-state index is 14.0. The van der Waals surface area contributed by atoms with Crippen molar-refractivity contribution in [3.63, 3.8) is 0 Å². The number of halogens is 2. The van der Waals surface area contributed by atoms with Gasteiger partial charge in [0.1, 0.15) is 23.9 Å². The van der Waals surface area contributed by atoms with Crippen LogP contribution >= 0.6 is 24.2 Å². The second-order valence-electron chi connectivity index (χ2n) is 6.93. The Balaban J connectivity index is 0.00000256. The van der Waals surface area contributed by atoms with Gasteiger partial charge in [-0.25, -0.2) is 19.2 Å². The lowest BCUT2D eigenvalue weighted by atomic mass is 9.94. The topological polar surface area (TPSA) is 92.8 Å². The zero-order valence-corrected chi connectivity index (χ0v) is 17.8. The van der Waals surface area contributed by atoms with Gasteiger partial charge in [-0.15, -0.1) is 24.2 Å². The molecule has 0 aliphatic carbocycles. The number of nitrogens with zero attached hydrogens (tertiary/aromatic N) is 3. The molecule has 1 aromatic carbocycles. The predicted octanol–water partition coefficient (Wildman–Crippen LogP) is 3.49. The van der Waals surface area contributed by atoms with Crippen molar-refractivity contribution in [3.8, 4) is 0 Å². The number of anilines is 1. The number of ether oxygens (including phenoxy) is 1. The maximum absolute atomic E-state index is 14.0. The maximum Gasteiger partial charge on any atom is 0.409 e. The molecule has 3 heterocycles. The lowest BCUT2D eigenvalue weighted by Gasteiger charge is -2.42. The number of fused-ring (bicyclic) bond motifs is 1. The van der Waals surface area contributed by atoms with Crippen LogP contribution in [-0.2, 0) is 4.74 Å². The van der Waals surface area contributed by atoms with E-state index in [1.807, 2.05) is 18.2 Å². The molecule has 4 rings (SSSR count). The Kier molecular flexibility index (Phi) is 7.04. The number of rotatable bonds is 4. The van der Waals surface area contributed by atoms with Crippen molar-refractivity contribution in [1.29, 1.82) is 0 Å². The summed E-state index contributed by atoms with van der Waals surface area (Å²) in [6, 6.07) is 10.5. The number of likely N-dealkylation sites (tertiary alicyclic amines) is 1. The highest BCUT2D eigenvalue weighted by Crippen LogP contribution is 2.35. The summed E-state index contributed by atoms with van der Waals surface area (Å²) in [5.74, 6) is 0.445. The summed E-state index contributed by atoms with van der Waals surface area (Å²) >= 11 is 1.54. The standard InChI is InChI=1S/C20H22FN5O2S.ClH/c21-14-4-3-5-15-17(14)18(22)25-20(24-15)7-10-26(11-8-20)19(27)28-12-13-29-16-6-1-2-9-23-16;/h1-6,9,24H,7-8,10-13H2,(H2,22,25);1H. The second-order valence-corrected chi connectivity index (χ2v) is 8.05. The van der Waals surface area contributed by atoms with Crippen molar-refractivity contribution < 1.29 is 13.9 Å². The average molecular weight is 452 g/mol. The van der Waals surface area contributed by atoms with Crippen molar-refractivity contribution in [3.05, 3.63) is 54.0 Å². The van der Waals surface area contributed by atoms with Crippen molar-refractivity contribution in [2.75, 3.05) is 30.8 Å². The minimum absolute atomic E-state index is 0. The number of pyridine rings is 1.